The minimum Gasteiger partial charge on any atom is -0.441 e. The minimum atomic E-state index is -1.37. The van der Waals surface area contributed by atoms with Crippen LogP contribution in [-0.2, 0) is 19.9 Å². The standard InChI is InChI=1S/C21H20O4/c1-11-5-7-15(8-6-11)16-10-17(22)25-21(16)18-13(3)9-12(2)14(4)19(18)24-20(21)23/h5-9,16H,10H2,1-4H3/t16-,21+/m0/s1. The minimum absolute atomic E-state index is 0.171. The van der Waals surface area contributed by atoms with Crippen LogP contribution in [0.3, 0.4) is 0 Å². The molecule has 0 N–H and O–H groups in total. The lowest BCUT2D eigenvalue weighted by molar-refractivity contribution is -0.166. The van der Waals surface area contributed by atoms with Crippen LogP contribution in [-0.4, -0.2) is 11.9 Å². The van der Waals surface area contributed by atoms with Crippen molar-refractivity contribution in [1.82, 2.24) is 0 Å². The molecular formula is C21H20O4. The third kappa shape index (κ3) is 2.06. The normalized spacial score (nSPS) is 24.4. The second-order valence-corrected chi connectivity index (χ2v) is 7.11. The quantitative estimate of drug-likeness (QED) is 0.588. The summed E-state index contributed by atoms with van der Waals surface area (Å²) < 4.78 is 11.4. The summed E-state index contributed by atoms with van der Waals surface area (Å²) in [5.41, 5.74) is 4.25. The molecule has 0 aromatic heterocycles. The largest absolute Gasteiger partial charge is 0.441 e. The van der Waals surface area contributed by atoms with Crippen LogP contribution in [0, 0.1) is 27.7 Å². The number of fused-ring (bicyclic) bond motifs is 2. The van der Waals surface area contributed by atoms with Crippen molar-refractivity contribution in [3.05, 3.63) is 63.7 Å². The maximum atomic E-state index is 13.0. The summed E-state index contributed by atoms with van der Waals surface area (Å²) in [6.45, 7) is 7.86. The number of ether oxygens (including phenoxy) is 2. The van der Waals surface area contributed by atoms with E-state index in [0.29, 0.717) is 11.3 Å². The topological polar surface area (TPSA) is 52.6 Å². The average Bonchev–Trinajstić information content (AvgIpc) is 3.05. The molecular weight excluding hydrogens is 316 g/mol. The van der Waals surface area contributed by atoms with Crippen LogP contribution in [0.25, 0.3) is 0 Å². The van der Waals surface area contributed by atoms with Crippen molar-refractivity contribution in [2.24, 2.45) is 0 Å². The monoisotopic (exact) mass is 336 g/mol. The fraction of sp³-hybridized carbons (Fsp3) is 0.333. The zero-order valence-corrected chi connectivity index (χ0v) is 14.8. The number of hydrogen-bond acceptors (Lipinski definition) is 4. The SMILES string of the molecule is Cc1ccc([C@@H]2CC(=O)O[C@]23C(=O)Oc2c(C)c(C)cc(C)c23)cc1. The summed E-state index contributed by atoms with van der Waals surface area (Å²) in [7, 11) is 0. The maximum Gasteiger partial charge on any atom is 0.361 e. The van der Waals surface area contributed by atoms with Gasteiger partial charge in [-0.15, -0.1) is 0 Å². The van der Waals surface area contributed by atoms with Crippen LogP contribution in [0.2, 0.25) is 0 Å². The van der Waals surface area contributed by atoms with Gasteiger partial charge in [0.05, 0.1) is 12.0 Å². The van der Waals surface area contributed by atoms with Gasteiger partial charge in [0.25, 0.3) is 0 Å². The highest BCUT2D eigenvalue weighted by atomic mass is 16.6. The lowest BCUT2D eigenvalue weighted by Crippen LogP contribution is -2.38. The average molecular weight is 336 g/mol. The Bertz CT molecular complexity index is 910. The second kappa shape index (κ2) is 5.19. The van der Waals surface area contributed by atoms with Crippen molar-refractivity contribution in [2.75, 3.05) is 0 Å². The zero-order valence-electron chi connectivity index (χ0n) is 14.8. The molecule has 2 aromatic rings. The Morgan fingerprint density at radius 3 is 2.36 bits per heavy atom. The summed E-state index contributed by atoms with van der Waals surface area (Å²) in [5, 5.41) is 0. The van der Waals surface area contributed by atoms with Crippen molar-refractivity contribution in [3.63, 3.8) is 0 Å². The molecule has 4 nitrogen and oxygen atoms in total. The van der Waals surface area contributed by atoms with Gasteiger partial charge in [-0.1, -0.05) is 35.9 Å². The smallest absolute Gasteiger partial charge is 0.361 e. The van der Waals surface area contributed by atoms with E-state index in [0.717, 1.165) is 27.8 Å². The molecule has 0 aliphatic carbocycles. The molecule has 4 heteroatoms. The van der Waals surface area contributed by atoms with E-state index < -0.39 is 11.6 Å². The number of rotatable bonds is 1. The van der Waals surface area contributed by atoms with Crippen LogP contribution in [0.5, 0.6) is 5.75 Å². The summed E-state index contributed by atoms with van der Waals surface area (Å²) >= 11 is 0. The molecule has 1 fully saturated rings. The molecule has 1 spiro atoms. The van der Waals surface area contributed by atoms with Gasteiger partial charge in [0.1, 0.15) is 5.75 Å². The molecule has 25 heavy (non-hydrogen) atoms. The Kier molecular flexibility index (Phi) is 3.29. The van der Waals surface area contributed by atoms with E-state index in [1.807, 2.05) is 58.0 Å². The van der Waals surface area contributed by atoms with Gasteiger partial charge >= 0.3 is 11.9 Å². The molecule has 2 aromatic carbocycles. The second-order valence-electron chi connectivity index (χ2n) is 7.11. The summed E-state index contributed by atoms with van der Waals surface area (Å²) in [6, 6.07) is 9.92. The molecule has 2 heterocycles. The van der Waals surface area contributed by atoms with Gasteiger partial charge in [-0.3, -0.25) is 4.79 Å². The van der Waals surface area contributed by atoms with Crippen molar-refractivity contribution in [1.29, 1.82) is 0 Å². The van der Waals surface area contributed by atoms with Gasteiger partial charge < -0.3 is 9.47 Å². The molecule has 2 aliphatic heterocycles. The van der Waals surface area contributed by atoms with E-state index in [1.54, 1.807) is 0 Å². The molecule has 2 atom stereocenters. The van der Waals surface area contributed by atoms with E-state index in [1.165, 1.54) is 0 Å². The van der Waals surface area contributed by atoms with Crippen molar-refractivity contribution < 1.29 is 19.1 Å². The number of carbonyl (C=O) groups excluding carboxylic acids is 2. The first-order valence-corrected chi connectivity index (χ1v) is 8.46. The van der Waals surface area contributed by atoms with E-state index in [4.69, 9.17) is 9.47 Å². The number of esters is 2. The number of carbonyl (C=O) groups is 2. The Morgan fingerprint density at radius 1 is 1.00 bits per heavy atom. The van der Waals surface area contributed by atoms with Gasteiger partial charge in [0, 0.05) is 5.92 Å². The van der Waals surface area contributed by atoms with Gasteiger partial charge in [-0.2, -0.15) is 0 Å². The lowest BCUT2D eigenvalue weighted by Gasteiger charge is -2.27. The molecule has 0 radical (unpaired) electrons. The van der Waals surface area contributed by atoms with Gasteiger partial charge in [-0.25, -0.2) is 4.79 Å². The van der Waals surface area contributed by atoms with E-state index in [2.05, 4.69) is 0 Å². The fourth-order valence-electron chi connectivity index (χ4n) is 4.07. The Labute approximate surface area is 146 Å². The molecule has 1 saturated heterocycles. The molecule has 128 valence electrons. The number of aryl methyl sites for hydroxylation is 3. The van der Waals surface area contributed by atoms with E-state index in [-0.39, 0.29) is 18.3 Å². The van der Waals surface area contributed by atoms with E-state index in [9.17, 15) is 9.59 Å². The Balaban J connectivity index is 1.97. The summed E-state index contributed by atoms with van der Waals surface area (Å²) in [6.07, 6.45) is 0.171. The van der Waals surface area contributed by atoms with E-state index >= 15 is 0 Å². The predicted molar refractivity (Wildman–Crippen MR) is 92.6 cm³/mol. The highest BCUT2D eigenvalue weighted by Crippen LogP contribution is 2.56. The van der Waals surface area contributed by atoms with Crippen LogP contribution in [0.4, 0.5) is 0 Å². The van der Waals surface area contributed by atoms with Crippen molar-refractivity contribution in [2.45, 2.75) is 45.6 Å². The first kappa shape index (κ1) is 15.9. The third-order valence-corrected chi connectivity index (χ3v) is 5.47. The molecule has 4 rings (SSSR count). The van der Waals surface area contributed by atoms with Crippen LogP contribution >= 0.6 is 0 Å². The summed E-state index contributed by atoms with van der Waals surface area (Å²) in [4.78, 5) is 25.2. The molecule has 0 unspecified atom stereocenters. The molecule has 2 aliphatic rings. The van der Waals surface area contributed by atoms with Gasteiger partial charge in [0.2, 0.25) is 5.60 Å². The fourth-order valence-corrected chi connectivity index (χ4v) is 4.07. The van der Waals surface area contributed by atoms with Crippen LogP contribution in [0.15, 0.2) is 30.3 Å². The zero-order chi connectivity index (χ0) is 17.9. The highest BCUT2D eigenvalue weighted by Gasteiger charge is 2.63. The number of benzene rings is 2. The van der Waals surface area contributed by atoms with Crippen LogP contribution in [0.1, 0.15) is 45.7 Å². The lowest BCUT2D eigenvalue weighted by atomic mass is 9.76. The summed E-state index contributed by atoms with van der Waals surface area (Å²) in [5.74, 6) is -0.687. The first-order chi connectivity index (χ1) is 11.8. The molecule has 0 amide bonds. The van der Waals surface area contributed by atoms with Crippen molar-refractivity contribution >= 4 is 11.9 Å². The first-order valence-electron chi connectivity index (χ1n) is 8.46. The van der Waals surface area contributed by atoms with Crippen LogP contribution < -0.4 is 4.74 Å². The van der Waals surface area contributed by atoms with Gasteiger partial charge in [0.15, 0.2) is 0 Å². The van der Waals surface area contributed by atoms with Gasteiger partial charge in [-0.05, 0) is 49.9 Å². The molecule has 0 saturated carbocycles. The maximum absolute atomic E-state index is 13.0. The Hall–Kier alpha value is -2.62. The third-order valence-electron chi connectivity index (χ3n) is 5.47. The van der Waals surface area contributed by atoms with Crippen molar-refractivity contribution in [3.8, 4) is 5.75 Å². The molecule has 0 bridgehead atoms. The number of hydrogen-bond donors (Lipinski definition) is 0. The highest BCUT2D eigenvalue weighted by molar-refractivity contribution is 5.96. The predicted octanol–water partition coefficient (Wildman–Crippen LogP) is 3.77. The Morgan fingerprint density at radius 2 is 1.68 bits per heavy atom.